The van der Waals surface area contributed by atoms with Crippen LogP contribution >= 0.6 is 23.2 Å². The first-order chi connectivity index (χ1) is 49.2. The van der Waals surface area contributed by atoms with Gasteiger partial charge in [0.15, 0.2) is 17.8 Å². The number of hydrogen-bond acceptors (Lipinski definition) is 27. The van der Waals surface area contributed by atoms with Gasteiger partial charge in [-0.05, 0) is 123 Å². The largest absolute Gasteiger partial charge is 0.508 e. The van der Waals surface area contributed by atoms with Crippen LogP contribution in [0.4, 0.5) is 0 Å². The van der Waals surface area contributed by atoms with Gasteiger partial charge >= 0.3 is 0 Å². The van der Waals surface area contributed by atoms with Crippen molar-refractivity contribution in [2.24, 2.45) is 11.7 Å². The van der Waals surface area contributed by atoms with Crippen LogP contribution < -0.4 is 57.2 Å². The molecule has 104 heavy (non-hydrogen) atoms. The molecule has 0 saturated carbocycles. The highest BCUT2D eigenvalue weighted by molar-refractivity contribution is 6.32. The number of aromatic hydroxyl groups is 3. The number of hydrogen-bond donors (Lipinski definition) is 19. The number of fused-ring (bicyclic) bond motifs is 15. The third kappa shape index (κ3) is 16.1. The molecule has 2 saturated heterocycles. The number of nitrogens with zero attached hydrogens (tertiary/aromatic N) is 1. The van der Waals surface area contributed by atoms with E-state index in [0.717, 1.165) is 60.7 Å². The molecule has 7 aliphatic heterocycles. The molecule has 7 amide bonds. The van der Waals surface area contributed by atoms with Crippen LogP contribution in [0.1, 0.15) is 90.4 Å². The van der Waals surface area contributed by atoms with Crippen LogP contribution in [0.2, 0.25) is 10.0 Å². The minimum absolute atomic E-state index is 0.0850. The summed E-state index contributed by atoms with van der Waals surface area (Å²) in [7, 11) is 4.69. The molecule has 5 aromatic rings. The summed E-state index contributed by atoms with van der Waals surface area (Å²) in [5, 5.41) is 143. The van der Waals surface area contributed by atoms with E-state index in [1.54, 1.807) is 19.0 Å². The molecule has 20 N–H and O–H groups in total. The van der Waals surface area contributed by atoms with Crippen LogP contribution in [0, 0.1) is 12.8 Å². The number of halogens is 2. The van der Waals surface area contributed by atoms with Crippen molar-refractivity contribution in [2.45, 2.75) is 150 Å². The number of carbonyl (C=O) groups is 8. The summed E-state index contributed by atoms with van der Waals surface area (Å²) in [6.45, 7) is 3.81. The van der Waals surface area contributed by atoms with E-state index in [4.69, 9.17) is 57.4 Å². The van der Waals surface area contributed by atoms with Gasteiger partial charge < -0.3 is 132 Å². The van der Waals surface area contributed by atoms with Crippen LogP contribution in [0.25, 0.3) is 11.1 Å². The number of nitrogens with two attached hydrogens (primary N) is 1. The Morgan fingerprint density at radius 2 is 1.25 bits per heavy atom. The van der Waals surface area contributed by atoms with Crippen molar-refractivity contribution < 1.29 is 123 Å². The van der Waals surface area contributed by atoms with Gasteiger partial charge in [0, 0.05) is 23.2 Å². The molecule has 560 valence electrons. The number of primary amides is 1. The van der Waals surface area contributed by atoms with Crippen molar-refractivity contribution in [1.29, 1.82) is 0 Å². The number of phenolic OH excluding ortho intramolecular Hbond substituents is 3. The number of benzene rings is 5. The molecule has 0 spiro atoms. The molecule has 11 bridgehead atoms. The molecule has 0 aromatic heterocycles. The molecule has 0 radical (unpaired) electrons. The van der Waals surface area contributed by atoms with Gasteiger partial charge in [-0.25, -0.2) is 0 Å². The molecule has 1 unspecified atom stereocenters. The zero-order valence-corrected chi connectivity index (χ0v) is 57.8. The maximum atomic E-state index is 16.0. The normalized spacial score (nSPS) is 29.0. The highest BCUT2D eigenvalue weighted by Crippen LogP contribution is 2.50. The van der Waals surface area contributed by atoms with E-state index in [9.17, 15) is 80.1 Å². The second-order valence-electron chi connectivity index (χ2n) is 26.2. The molecule has 7 heterocycles. The number of carbonyl (C=O) groups excluding carboxylic acids is 8. The van der Waals surface area contributed by atoms with Crippen LogP contribution in [0.15, 0.2) is 72.8 Å². The lowest BCUT2D eigenvalue weighted by atomic mass is 9.88. The van der Waals surface area contributed by atoms with Crippen molar-refractivity contribution in [3.8, 4) is 57.1 Å². The Hall–Kier alpha value is -9.08. The molecule has 36 heteroatoms. The molecule has 7 aliphatic rings. The Morgan fingerprint density at radius 3 is 1.84 bits per heavy atom. The lowest BCUT2D eigenvalue weighted by molar-refractivity contribution is -0.350. The SMILES string of the molecule is CNC[C@H]1O[C@@H](O[C@H]2[C@H](O)[C@@H](O)C(Oc3c4cc5cc3Oc3ccc(cc3Cl)[C@@H](O)[C@@H](NC(=O)[C@@H](CC(C)C)N(C)C)C(=O)N[C@@H](CC(N)=O)C(=O)N[C@H]5C(=O)N[C@H]3C(=O)N[C@H](C(=O)N[C@@H](C=O)c5cc(O)c(C)c(O)c5-c5cc3ccc5O)[C@H](O)c3ccc(c(Cl)c3)O4)O[C@@H]2CO)[C@H](O)[C@@H](O)[C@H]1O. The topological polar surface area (TPSA) is 528 Å². The summed E-state index contributed by atoms with van der Waals surface area (Å²) in [6, 6.07) is -0.584. The quantitative estimate of drug-likeness (QED) is 0.0541. The summed E-state index contributed by atoms with van der Waals surface area (Å²) >= 11 is 14.1. The average molecular weight is 1490 g/mol. The van der Waals surface area contributed by atoms with Crippen molar-refractivity contribution in [3.05, 3.63) is 116 Å². The molecule has 2 fully saturated rings. The second-order valence-corrected chi connectivity index (χ2v) is 27.1. The maximum absolute atomic E-state index is 16.0. The van der Waals surface area contributed by atoms with Gasteiger partial charge in [0.25, 0.3) is 0 Å². The van der Waals surface area contributed by atoms with Crippen LogP contribution in [-0.2, 0) is 52.6 Å². The number of aliphatic hydroxyl groups is 8. The van der Waals surface area contributed by atoms with Gasteiger partial charge in [-0.2, -0.15) is 0 Å². The zero-order valence-electron chi connectivity index (χ0n) is 56.3. The third-order valence-corrected chi connectivity index (χ3v) is 18.9. The fraction of sp³-hybridized carbons (Fsp3) is 0.441. The lowest BCUT2D eigenvalue weighted by Gasteiger charge is -2.46. The van der Waals surface area contributed by atoms with Gasteiger partial charge in [-0.1, -0.05) is 55.2 Å². The Balaban J connectivity index is 1.20. The maximum Gasteiger partial charge on any atom is 0.248 e. The number of aldehydes is 1. The van der Waals surface area contributed by atoms with Crippen molar-refractivity contribution in [1.82, 2.24) is 42.1 Å². The minimum atomic E-state index is -2.35. The third-order valence-electron chi connectivity index (χ3n) is 18.3. The number of rotatable bonds is 15. The summed E-state index contributed by atoms with van der Waals surface area (Å²) in [5.74, 6) is -13.7. The van der Waals surface area contributed by atoms with E-state index in [2.05, 4.69) is 37.2 Å². The first kappa shape index (κ1) is 77.5. The Morgan fingerprint density at radius 1 is 0.663 bits per heavy atom. The second kappa shape index (κ2) is 32.1. The van der Waals surface area contributed by atoms with Crippen LogP contribution in [0.5, 0.6) is 46.0 Å². The van der Waals surface area contributed by atoms with Gasteiger partial charge in [0.2, 0.25) is 53.4 Å². The van der Waals surface area contributed by atoms with E-state index in [-0.39, 0.29) is 74.9 Å². The number of ether oxygens (including phenoxy) is 6. The number of likely N-dealkylation sites (N-methyl/N-ethyl adjacent to an activating group) is 2. The number of phenols is 3. The fourth-order valence-corrected chi connectivity index (χ4v) is 13.1. The number of nitrogens with one attached hydrogen (secondary N) is 7. The molecular formula is C68H79Cl2N9O25. The summed E-state index contributed by atoms with van der Waals surface area (Å²) in [5.41, 5.74) is 3.26. The highest BCUT2D eigenvalue weighted by Gasteiger charge is 2.52. The van der Waals surface area contributed by atoms with Crippen molar-refractivity contribution in [2.75, 3.05) is 34.3 Å². The molecule has 12 rings (SSSR count). The summed E-state index contributed by atoms with van der Waals surface area (Å²) in [6.07, 6.45) is -23.7. The number of aliphatic hydroxyl groups excluding tert-OH is 8. The Kier molecular flexibility index (Phi) is 23.9. The van der Waals surface area contributed by atoms with Gasteiger partial charge in [-0.3, -0.25) is 38.5 Å². The summed E-state index contributed by atoms with van der Waals surface area (Å²) < 4.78 is 37.3. The number of amides is 7. The molecule has 19 atom stereocenters. The highest BCUT2D eigenvalue weighted by atomic mass is 35.5. The van der Waals surface area contributed by atoms with Crippen molar-refractivity contribution >= 4 is 70.8 Å². The Bertz CT molecular complexity index is 4130. The van der Waals surface area contributed by atoms with Crippen molar-refractivity contribution in [3.63, 3.8) is 0 Å². The van der Waals surface area contributed by atoms with E-state index in [1.165, 1.54) is 26.1 Å². The van der Waals surface area contributed by atoms with Crippen LogP contribution in [0.3, 0.4) is 0 Å². The van der Waals surface area contributed by atoms with E-state index in [1.807, 2.05) is 13.8 Å². The molecule has 0 aliphatic carbocycles. The Labute approximate surface area is 602 Å². The average Bonchev–Trinajstić information content (AvgIpc) is 0.771. The van der Waals surface area contributed by atoms with Gasteiger partial charge in [0.1, 0.15) is 132 Å². The first-order valence-electron chi connectivity index (χ1n) is 32.6. The van der Waals surface area contributed by atoms with E-state index in [0.29, 0.717) is 0 Å². The zero-order chi connectivity index (χ0) is 75.8. The van der Waals surface area contributed by atoms with E-state index < -0.39 is 221 Å². The van der Waals surface area contributed by atoms with E-state index >= 15 is 14.4 Å². The molecule has 34 nitrogen and oxygen atoms in total. The monoisotopic (exact) mass is 1490 g/mol. The predicted octanol–water partition coefficient (Wildman–Crippen LogP) is -1.32. The van der Waals surface area contributed by atoms with Gasteiger partial charge in [0.05, 0.1) is 29.1 Å². The molecular weight excluding hydrogens is 1410 g/mol. The van der Waals surface area contributed by atoms with Crippen LogP contribution in [-0.4, -0.2) is 229 Å². The smallest absolute Gasteiger partial charge is 0.248 e. The summed E-state index contributed by atoms with van der Waals surface area (Å²) in [4.78, 5) is 119. The fourth-order valence-electron chi connectivity index (χ4n) is 12.7. The van der Waals surface area contributed by atoms with Gasteiger partial charge in [-0.15, -0.1) is 0 Å². The minimum Gasteiger partial charge on any atom is -0.508 e. The standard InChI is InChI=1S/C68H79Cl2N9O25/c1-24(2)13-36(79(5)6)62(94)77-49-52(86)27-8-11-39(32(69)15-27)99-41-17-29-18-42(59(41)103-68-58(92)56(90)60(44(23-81)102-68)104-67-57(91)55(89)54(88)43(101-67)21-72-4)100-40-12-9-28(16-33(40)70)53(87)50-66(98)74-35(22-80)30-19-38(83)25(3)51(85)46(30)31-14-26(7-10-37(31)82)47(63(95)78-50)76-64(96)48(29)75-61(93)34(20-45(71)84)73-65(49)97/h7-12,14-19,22,24,34-36,43-44,47-50,52-58,60,67-68,72,81-83,85-92H,13,20-21,23H2,1-6H3,(H2,71,84)(H,73,97)(H,74,98)(H,75,93)(H,76,96)(H,77,94)(H,78,95)/t34-,35-,36+,43+,44+,47+,48+,49+,50-,52+,53+,54-,55-,56+,57+,58+,60+,67-,68?/m0/s1. The first-order valence-corrected chi connectivity index (χ1v) is 33.4. The molecule has 5 aromatic carbocycles. The predicted molar refractivity (Wildman–Crippen MR) is 360 cm³/mol. The lowest BCUT2D eigenvalue weighted by Crippen LogP contribution is -2.65.